The Morgan fingerprint density at radius 1 is 1.21 bits per heavy atom. The van der Waals surface area contributed by atoms with Gasteiger partial charge < -0.3 is 10.4 Å². The minimum absolute atomic E-state index is 0.0977. The van der Waals surface area contributed by atoms with Crippen molar-refractivity contribution in [2.24, 2.45) is 5.92 Å². The number of aliphatic hydroxyl groups excluding tert-OH is 1. The van der Waals surface area contributed by atoms with Gasteiger partial charge in [0.15, 0.2) is 0 Å². The third kappa shape index (κ3) is 3.73. The molecule has 1 aromatic rings. The van der Waals surface area contributed by atoms with Gasteiger partial charge in [-0.2, -0.15) is 0 Å². The highest BCUT2D eigenvalue weighted by Crippen LogP contribution is 2.36. The van der Waals surface area contributed by atoms with Crippen molar-refractivity contribution in [3.63, 3.8) is 0 Å². The van der Waals surface area contributed by atoms with Crippen LogP contribution in [-0.2, 0) is 0 Å². The summed E-state index contributed by atoms with van der Waals surface area (Å²) in [6, 6.07) is 8.47. The lowest BCUT2D eigenvalue weighted by atomic mass is 9.75. The third-order valence-corrected chi connectivity index (χ3v) is 4.52. The predicted molar refractivity (Wildman–Crippen MR) is 81.5 cm³/mol. The summed E-state index contributed by atoms with van der Waals surface area (Å²) < 4.78 is 0. The molecule has 0 amide bonds. The van der Waals surface area contributed by atoms with E-state index in [0.717, 1.165) is 24.4 Å². The maximum atomic E-state index is 9.81. The lowest BCUT2D eigenvalue weighted by molar-refractivity contribution is 0.148. The number of aryl methyl sites for hydroxylation is 1. The molecule has 0 unspecified atom stereocenters. The Morgan fingerprint density at radius 2 is 1.84 bits per heavy atom. The first-order valence-electron chi connectivity index (χ1n) is 7.63. The molecule has 0 saturated heterocycles. The van der Waals surface area contributed by atoms with Crippen LogP contribution < -0.4 is 5.32 Å². The van der Waals surface area contributed by atoms with E-state index < -0.39 is 0 Å². The van der Waals surface area contributed by atoms with Crippen LogP contribution in [0.15, 0.2) is 24.3 Å². The van der Waals surface area contributed by atoms with Crippen LogP contribution >= 0.6 is 0 Å². The maximum absolute atomic E-state index is 9.81. The Morgan fingerprint density at radius 3 is 2.37 bits per heavy atom. The summed E-state index contributed by atoms with van der Waals surface area (Å²) in [6.45, 7) is 4.60. The van der Waals surface area contributed by atoms with Gasteiger partial charge in [0.25, 0.3) is 0 Å². The van der Waals surface area contributed by atoms with Crippen molar-refractivity contribution >= 4 is 5.69 Å². The number of hydrogen-bond donors (Lipinski definition) is 2. The van der Waals surface area contributed by atoms with Crippen molar-refractivity contribution in [3.8, 4) is 0 Å². The number of anilines is 1. The molecule has 0 bridgehead atoms. The van der Waals surface area contributed by atoms with E-state index in [9.17, 15) is 5.11 Å². The summed E-state index contributed by atoms with van der Waals surface area (Å²) in [7, 11) is 0. The zero-order chi connectivity index (χ0) is 13.7. The highest BCUT2D eigenvalue weighted by atomic mass is 16.3. The fourth-order valence-electron chi connectivity index (χ4n) is 3.19. The van der Waals surface area contributed by atoms with Gasteiger partial charge in [-0.15, -0.1) is 0 Å². The number of nitrogens with one attached hydrogen (secondary N) is 1. The third-order valence-electron chi connectivity index (χ3n) is 4.52. The zero-order valence-electron chi connectivity index (χ0n) is 12.3. The van der Waals surface area contributed by atoms with Crippen LogP contribution in [0.25, 0.3) is 0 Å². The molecule has 2 rings (SSSR count). The lowest BCUT2D eigenvalue weighted by Gasteiger charge is -2.40. The zero-order valence-corrected chi connectivity index (χ0v) is 12.3. The van der Waals surface area contributed by atoms with Gasteiger partial charge in [0.2, 0.25) is 0 Å². The Balaban J connectivity index is 1.98. The molecule has 19 heavy (non-hydrogen) atoms. The predicted octanol–water partition coefficient (Wildman–Crippen LogP) is 4.13. The molecule has 1 aliphatic carbocycles. The summed E-state index contributed by atoms with van der Waals surface area (Å²) in [5, 5.41) is 13.4. The molecule has 0 radical (unpaired) electrons. The van der Waals surface area contributed by atoms with Crippen molar-refractivity contribution in [2.45, 2.75) is 57.9 Å². The first kappa shape index (κ1) is 14.4. The number of rotatable bonds is 5. The van der Waals surface area contributed by atoms with Crippen LogP contribution in [0.3, 0.4) is 0 Å². The largest absolute Gasteiger partial charge is 0.394 e. The van der Waals surface area contributed by atoms with Crippen LogP contribution in [-0.4, -0.2) is 17.3 Å². The molecular weight excluding hydrogens is 234 g/mol. The van der Waals surface area contributed by atoms with Crippen molar-refractivity contribution in [2.75, 3.05) is 11.9 Å². The minimum Gasteiger partial charge on any atom is -0.394 e. The van der Waals surface area contributed by atoms with E-state index in [1.807, 2.05) is 0 Å². The quantitative estimate of drug-likeness (QED) is 0.835. The normalized spacial score (nSPS) is 27.2. The molecule has 2 N–H and O–H groups in total. The van der Waals surface area contributed by atoms with E-state index in [1.165, 1.54) is 31.2 Å². The number of hydrogen-bond acceptors (Lipinski definition) is 2. The molecule has 2 heteroatoms. The van der Waals surface area contributed by atoms with Crippen LogP contribution in [0.1, 0.15) is 51.0 Å². The molecule has 1 aliphatic rings. The van der Waals surface area contributed by atoms with Crippen molar-refractivity contribution in [3.05, 3.63) is 29.8 Å². The maximum Gasteiger partial charge on any atom is 0.0661 e. The molecule has 1 aromatic carbocycles. The van der Waals surface area contributed by atoms with E-state index in [0.29, 0.717) is 0 Å². The van der Waals surface area contributed by atoms with E-state index in [1.54, 1.807) is 0 Å². The summed E-state index contributed by atoms with van der Waals surface area (Å²) in [5.41, 5.74) is 2.31. The topological polar surface area (TPSA) is 32.3 Å². The van der Waals surface area contributed by atoms with Crippen molar-refractivity contribution in [1.82, 2.24) is 0 Å². The number of benzene rings is 1. The minimum atomic E-state index is -0.0977. The SMILES string of the molecule is CCCC1CCC(CO)(Nc2ccc(C)cc2)CC1. The van der Waals surface area contributed by atoms with Crippen LogP contribution in [0.4, 0.5) is 5.69 Å². The molecule has 1 saturated carbocycles. The average molecular weight is 261 g/mol. The molecule has 0 heterocycles. The first-order chi connectivity index (χ1) is 9.17. The molecule has 0 aliphatic heterocycles. The van der Waals surface area contributed by atoms with Gasteiger partial charge in [0, 0.05) is 5.69 Å². The van der Waals surface area contributed by atoms with Gasteiger partial charge in [-0.05, 0) is 50.7 Å². The van der Waals surface area contributed by atoms with Crippen molar-refractivity contribution < 1.29 is 5.11 Å². The van der Waals surface area contributed by atoms with E-state index in [4.69, 9.17) is 0 Å². The van der Waals surface area contributed by atoms with E-state index in [-0.39, 0.29) is 12.1 Å². The fraction of sp³-hybridized carbons (Fsp3) is 0.647. The van der Waals surface area contributed by atoms with Crippen molar-refractivity contribution in [1.29, 1.82) is 0 Å². The van der Waals surface area contributed by atoms with Gasteiger partial charge in [-0.3, -0.25) is 0 Å². The second-order valence-electron chi connectivity index (χ2n) is 6.16. The summed E-state index contributed by atoms with van der Waals surface area (Å²) >= 11 is 0. The van der Waals surface area contributed by atoms with Gasteiger partial charge in [-0.25, -0.2) is 0 Å². The molecule has 0 atom stereocenters. The Kier molecular flexibility index (Phi) is 4.87. The Hall–Kier alpha value is -1.02. The van der Waals surface area contributed by atoms with E-state index >= 15 is 0 Å². The standard InChI is InChI=1S/C17H27NO/c1-3-4-15-9-11-17(13-19,12-10-15)18-16-7-5-14(2)6-8-16/h5-8,15,18-19H,3-4,9-13H2,1-2H3. The van der Waals surface area contributed by atoms with Crippen LogP contribution in [0.2, 0.25) is 0 Å². The van der Waals surface area contributed by atoms with Gasteiger partial charge in [0.05, 0.1) is 12.1 Å². The first-order valence-corrected chi connectivity index (χ1v) is 7.63. The average Bonchev–Trinajstić information content (AvgIpc) is 2.44. The van der Waals surface area contributed by atoms with Gasteiger partial charge in [-0.1, -0.05) is 37.5 Å². The highest BCUT2D eigenvalue weighted by molar-refractivity contribution is 5.47. The highest BCUT2D eigenvalue weighted by Gasteiger charge is 2.34. The fourth-order valence-corrected chi connectivity index (χ4v) is 3.19. The monoisotopic (exact) mass is 261 g/mol. The Labute approximate surface area is 117 Å². The van der Waals surface area contributed by atoms with Gasteiger partial charge in [0.1, 0.15) is 0 Å². The second kappa shape index (κ2) is 6.42. The summed E-state index contributed by atoms with van der Waals surface area (Å²) in [4.78, 5) is 0. The number of aliphatic hydroxyl groups is 1. The molecule has 0 aromatic heterocycles. The summed E-state index contributed by atoms with van der Waals surface area (Å²) in [5.74, 6) is 0.865. The molecule has 1 fully saturated rings. The van der Waals surface area contributed by atoms with Gasteiger partial charge >= 0.3 is 0 Å². The summed E-state index contributed by atoms with van der Waals surface area (Å²) in [6.07, 6.45) is 7.28. The van der Waals surface area contributed by atoms with Crippen LogP contribution in [0.5, 0.6) is 0 Å². The van der Waals surface area contributed by atoms with E-state index in [2.05, 4.69) is 43.4 Å². The smallest absolute Gasteiger partial charge is 0.0661 e. The Bertz CT molecular complexity index is 377. The second-order valence-corrected chi connectivity index (χ2v) is 6.16. The van der Waals surface area contributed by atoms with Crippen LogP contribution in [0, 0.1) is 12.8 Å². The lowest BCUT2D eigenvalue weighted by Crippen LogP contribution is -2.45. The molecular formula is C17H27NO. The molecule has 2 nitrogen and oxygen atoms in total. The molecule has 106 valence electrons. The molecule has 0 spiro atoms.